The molecule has 0 aliphatic heterocycles. The summed E-state index contributed by atoms with van der Waals surface area (Å²) < 4.78 is 17.1. The van der Waals surface area contributed by atoms with Crippen LogP contribution in [0.4, 0.5) is 5.69 Å². The second-order valence-electron chi connectivity index (χ2n) is 28.8. The first kappa shape index (κ1) is 71.1. The molecule has 0 spiro atoms. The molecule has 522 valence electrons. The predicted octanol–water partition coefficient (Wildman–Crippen LogP) is 19.3. The minimum atomic E-state index is 0.0504. The van der Waals surface area contributed by atoms with Gasteiger partial charge in [-0.3, -0.25) is 18.7 Å². The first-order valence-electron chi connectivity index (χ1n) is 35.9. The Balaban J connectivity index is 0.000000124. The van der Waals surface area contributed by atoms with Crippen LogP contribution < -0.4 is 18.3 Å². The van der Waals surface area contributed by atoms with Crippen molar-refractivity contribution in [2.24, 2.45) is 28.2 Å². The van der Waals surface area contributed by atoms with Gasteiger partial charge < -0.3 is 0 Å². The van der Waals surface area contributed by atoms with E-state index in [2.05, 4.69) is 322 Å². The minimum Gasteiger partial charge on any atom is -0.268 e. The van der Waals surface area contributed by atoms with Gasteiger partial charge in [-0.05, 0) is 173 Å². The zero-order chi connectivity index (χ0) is 74.3. The third kappa shape index (κ3) is 13.8. The van der Waals surface area contributed by atoms with Gasteiger partial charge in [-0.2, -0.15) is 38.7 Å². The number of rotatable bonds is 8. The van der Waals surface area contributed by atoms with Crippen LogP contribution >= 0.6 is 0 Å². The molecular formula is C92H93N13+4. The number of nitrogens with zero attached hydrogens (tertiary/aromatic N) is 13. The lowest BCUT2D eigenvalue weighted by Gasteiger charge is -2.22. The Labute approximate surface area is 617 Å². The second kappa shape index (κ2) is 29.2. The van der Waals surface area contributed by atoms with E-state index in [1.54, 1.807) is 6.20 Å². The SMILES string of the molecule is Cc1c(-c2ccnn2C)cc(C(C)(C)C)cc1-[n+]1c(C)ccc2ccccc21.Cc1cc(-c2ccnn2C)c(C)c(-[n+]2c(C)ccc3ccccc32)c1.Cc1cc(C)c(-[n+]2c(C)ccc3ccccc32)c(C)c1-c1ccnn1C.[C-]#[N+]c1cc(-c2ccnn2C)c(C)c(-[n+]2c(C)ccc3ccccc32)c1. The van der Waals surface area contributed by atoms with Crippen LogP contribution in [0, 0.1) is 82.7 Å². The number of hydrogen-bond donors (Lipinski definition) is 0. The van der Waals surface area contributed by atoms with Gasteiger partial charge in [0.15, 0.2) is 28.5 Å². The molecule has 0 fully saturated rings. The number of benzene rings is 8. The monoisotopic (exact) mass is 1380 g/mol. The Kier molecular flexibility index (Phi) is 19.8. The van der Waals surface area contributed by atoms with E-state index >= 15 is 0 Å². The molecule has 0 N–H and O–H groups in total. The van der Waals surface area contributed by atoms with Crippen molar-refractivity contribution >= 4 is 49.3 Å². The van der Waals surface area contributed by atoms with Crippen LogP contribution in [-0.4, -0.2) is 39.1 Å². The van der Waals surface area contributed by atoms with Gasteiger partial charge in [0.1, 0.15) is 0 Å². The highest BCUT2D eigenvalue weighted by atomic mass is 15.3. The average molecular weight is 1380 g/mol. The summed E-state index contributed by atoms with van der Waals surface area (Å²) in [6, 6.07) is 75.2. The molecule has 0 aliphatic carbocycles. The molecule has 0 radical (unpaired) electrons. The fourth-order valence-corrected chi connectivity index (χ4v) is 15.1. The smallest absolute Gasteiger partial charge is 0.218 e. The molecule has 0 saturated heterocycles. The highest BCUT2D eigenvalue weighted by Gasteiger charge is 2.30. The highest BCUT2D eigenvalue weighted by Crippen LogP contribution is 2.37. The summed E-state index contributed by atoms with van der Waals surface area (Å²) in [6.07, 6.45) is 7.38. The van der Waals surface area contributed by atoms with Crippen molar-refractivity contribution in [1.29, 1.82) is 0 Å². The third-order valence-electron chi connectivity index (χ3n) is 20.6. The zero-order valence-electron chi connectivity index (χ0n) is 63.8. The first-order valence-corrected chi connectivity index (χ1v) is 35.9. The molecule has 0 atom stereocenters. The lowest BCUT2D eigenvalue weighted by molar-refractivity contribution is -0.575. The minimum absolute atomic E-state index is 0.0504. The first-order chi connectivity index (χ1) is 50.4. The van der Waals surface area contributed by atoms with Crippen molar-refractivity contribution in [3.63, 3.8) is 0 Å². The van der Waals surface area contributed by atoms with Gasteiger partial charge >= 0.3 is 0 Å². The number of para-hydroxylation sites is 4. The number of aryl methyl sites for hydroxylation is 11. The Morgan fingerprint density at radius 2 is 0.676 bits per heavy atom. The number of pyridine rings is 4. The standard InChI is InChI=1S/C25H28N3.C23H24N3.C22H19N4.C22H22N3/c1-17-11-12-19-9-7-8-10-22(19)28(17)24-16-20(25(3,4)5)15-21(18(24)2)23-13-14-26-27(23)6;1-15-14-16(2)23(18(4)22(15)21-12-13-24-25(21)5)26-17(3)10-11-19-8-6-7-9-20(19)26;1-15-9-10-17-7-5-6-8-20(17)26(15)22-14-18(23-3)13-19(16(22)2)21-11-12-24-25(21)4;1-15-13-19(21-11-12-23-24(21)4)17(3)22(14-15)25-16(2)9-10-18-7-5-6-8-20(18)25/h7-16H,1-6H3;6-14H,1-5H3;5-14H,1-2,4H3;5-14H,1-4H3/q4*+1. The number of aromatic nitrogens is 12. The van der Waals surface area contributed by atoms with Crippen molar-refractivity contribution in [3.05, 3.63) is 316 Å². The lowest BCUT2D eigenvalue weighted by Crippen LogP contribution is -2.37. The van der Waals surface area contributed by atoms with Crippen molar-refractivity contribution in [3.8, 4) is 67.8 Å². The summed E-state index contributed by atoms with van der Waals surface area (Å²) >= 11 is 0. The maximum absolute atomic E-state index is 7.56. The Bertz CT molecular complexity index is 6060. The normalized spacial score (nSPS) is 11.3. The molecule has 16 rings (SSSR count). The molecule has 13 nitrogen and oxygen atoms in total. The Morgan fingerprint density at radius 3 is 1.06 bits per heavy atom. The molecule has 0 saturated carbocycles. The van der Waals surface area contributed by atoms with E-state index in [0.717, 1.165) is 50.8 Å². The summed E-state index contributed by atoms with van der Waals surface area (Å²) in [4.78, 5) is 3.71. The predicted molar refractivity (Wildman–Crippen MR) is 428 cm³/mol. The van der Waals surface area contributed by atoms with E-state index in [0.29, 0.717) is 5.69 Å². The summed E-state index contributed by atoms with van der Waals surface area (Å²) in [7, 11) is 7.93. The number of fused-ring (bicyclic) bond motifs is 4. The Morgan fingerprint density at radius 1 is 0.333 bits per heavy atom. The molecule has 105 heavy (non-hydrogen) atoms. The maximum atomic E-state index is 7.56. The van der Waals surface area contributed by atoms with E-state index in [4.69, 9.17) is 6.57 Å². The van der Waals surface area contributed by atoms with Gasteiger partial charge in [0, 0.05) is 213 Å². The van der Waals surface area contributed by atoms with E-state index < -0.39 is 0 Å². The van der Waals surface area contributed by atoms with Gasteiger partial charge in [-0.25, -0.2) is 4.85 Å². The summed E-state index contributed by atoms with van der Waals surface area (Å²) in [5.41, 5.74) is 34.4. The van der Waals surface area contributed by atoms with E-state index in [9.17, 15) is 0 Å². The molecule has 8 aromatic carbocycles. The average Bonchev–Trinajstić information content (AvgIpc) is 1.71. The molecule has 13 heteroatoms. The van der Waals surface area contributed by atoms with E-state index in [1.165, 1.54) is 128 Å². The molecular weight excluding hydrogens is 1290 g/mol. The van der Waals surface area contributed by atoms with Crippen LogP contribution in [0.15, 0.2) is 237 Å². The van der Waals surface area contributed by atoms with Crippen molar-refractivity contribution in [2.45, 2.75) is 102 Å². The summed E-state index contributed by atoms with van der Waals surface area (Å²) in [6.45, 7) is 38.3. The molecule has 16 aromatic rings. The van der Waals surface area contributed by atoms with Crippen LogP contribution in [0.5, 0.6) is 0 Å². The molecule has 0 bridgehead atoms. The van der Waals surface area contributed by atoms with Crippen molar-refractivity contribution in [1.82, 2.24) is 39.1 Å². The number of hydrogen-bond acceptors (Lipinski definition) is 4. The fourth-order valence-electron chi connectivity index (χ4n) is 15.1. The summed E-state index contributed by atoms with van der Waals surface area (Å²) in [5.74, 6) is 0. The van der Waals surface area contributed by atoms with E-state index in [-0.39, 0.29) is 5.41 Å². The summed E-state index contributed by atoms with van der Waals surface area (Å²) in [5, 5.41) is 22.3. The lowest BCUT2D eigenvalue weighted by atomic mass is 9.84. The molecule has 0 aliphatic rings. The van der Waals surface area contributed by atoms with Crippen molar-refractivity contribution < 1.29 is 18.3 Å². The van der Waals surface area contributed by atoms with Crippen molar-refractivity contribution in [2.75, 3.05) is 0 Å². The van der Waals surface area contributed by atoms with E-state index in [1.807, 2.05) is 95.8 Å². The molecule has 0 unspecified atom stereocenters. The molecule has 0 amide bonds. The van der Waals surface area contributed by atoms with Crippen LogP contribution in [-0.2, 0) is 33.6 Å². The quantitative estimate of drug-likeness (QED) is 0.112. The maximum Gasteiger partial charge on any atom is 0.218 e. The van der Waals surface area contributed by atoms with Gasteiger partial charge in [0.2, 0.25) is 44.8 Å². The van der Waals surface area contributed by atoms with Gasteiger partial charge in [-0.15, -0.1) is 0 Å². The topological polar surface area (TPSA) is 91.2 Å². The van der Waals surface area contributed by atoms with Crippen LogP contribution in [0.1, 0.15) is 88.1 Å². The van der Waals surface area contributed by atoms with Gasteiger partial charge in [-0.1, -0.05) is 69.3 Å². The Hall–Kier alpha value is -12.3. The largest absolute Gasteiger partial charge is 0.268 e. The zero-order valence-corrected chi connectivity index (χ0v) is 63.8. The second-order valence-corrected chi connectivity index (χ2v) is 28.8. The molecule has 8 heterocycles. The van der Waals surface area contributed by atoms with Crippen LogP contribution in [0.25, 0.3) is 116 Å². The van der Waals surface area contributed by atoms with Crippen LogP contribution in [0.2, 0.25) is 0 Å². The fraction of sp³-hybridized carbons (Fsp3) is 0.207. The molecule has 8 aromatic heterocycles. The third-order valence-corrected chi connectivity index (χ3v) is 20.6. The highest BCUT2D eigenvalue weighted by molar-refractivity contribution is 5.82. The van der Waals surface area contributed by atoms with Gasteiger partial charge in [0.05, 0.1) is 29.3 Å². The van der Waals surface area contributed by atoms with Crippen LogP contribution in [0.3, 0.4) is 0 Å². The van der Waals surface area contributed by atoms with Gasteiger partial charge in [0.25, 0.3) is 0 Å².